The highest BCUT2D eigenvalue weighted by Gasteiger charge is 2.29. The molecule has 0 aromatic carbocycles. The number of nitrogens with zero attached hydrogens (tertiary/aromatic N) is 5. The maximum atomic E-state index is 12.0. The minimum absolute atomic E-state index is 0.152. The smallest absolute Gasteiger partial charge is 0.276 e. The van der Waals surface area contributed by atoms with Gasteiger partial charge in [0.25, 0.3) is 10.8 Å². The second-order valence-electron chi connectivity index (χ2n) is 5.10. The molecule has 114 valence electrons. The monoisotopic (exact) mass is 335 g/mol. The van der Waals surface area contributed by atoms with E-state index in [1.165, 1.54) is 33.7 Å². The van der Waals surface area contributed by atoms with Crippen molar-refractivity contribution < 1.29 is 4.42 Å². The molecule has 1 aliphatic rings. The van der Waals surface area contributed by atoms with E-state index >= 15 is 0 Å². The predicted octanol–water partition coefficient (Wildman–Crippen LogP) is 2.27. The lowest BCUT2D eigenvalue weighted by Gasteiger charge is -1.97. The quantitative estimate of drug-likeness (QED) is 0.661. The van der Waals surface area contributed by atoms with Gasteiger partial charge in [-0.2, -0.15) is 9.61 Å². The van der Waals surface area contributed by atoms with Gasteiger partial charge < -0.3 is 4.42 Å². The third kappa shape index (κ3) is 2.66. The predicted molar refractivity (Wildman–Crippen MR) is 82.3 cm³/mol. The Bertz CT molecular complexity index is 880. The molecular formula is C13H13N5O2S2. The molecular weight excluding hydrogens is 322 g/mol. The average Bonchev–Trinajstić information content (AvgIpc) is 3.11. The molecule has 1 saturated carbocycles. The molecule has 1 aliphatic carbocycles. The fourth-order valence-electron chi connectivity index (χ4n) is 2.02. The van der Waals surface area contributed by atoms with E-state index in [2.05, 4.69) is 20.3 Å². The number of aryl methyl sites for hydroxylation is 1. The van der Waals surface area contributed by atoms with Crippen LogP contribution in [0, 0.1) is 0 Å². The van der Waals surface area contributed by atoms with Crippen LogP contribution in [0.1, 0.15) is 42.3 Å². The van der Waals surface area contributed by atoms with E-state index in [9.17, 15) is 4.79 Å². The Balaban J connectivity index is 1.54. The second-order valence-corrected chi connectivity index (χ2v) is 7.07. The van der Waals surface area contributed by atoms with Crippen LogP contribution in [0.15, 0.2) is 20.5 Å². The summed E-state index contributed by atoms with van der Waals surface area (Å²) >= 11 is 2.85. The fraction of sp³-hybridized carbons (Fsp3) is 0.462. The molecule has 0 radical (unpaired) electrons. The molecule has 22 heavy (non-hydrogen) atoms. The lowest BCUT2D eigenvalue weighted by atomic mass is 10.4. The zero-order chi connectivity index (χ0) is 15.1. The molecule has 1 fully saturated rings. The first-order valence-corrected chi connectivity index (χ1v) is 8.88. The van der Waals surface area contributed by atoms with Gasteiger partial charge in [-0.05, 0) is 19.3 Å². The van der Waals surface area contributed by atoms with Crippen LogP contribution >= 0.6 is 23.1 Å². The van der Waals surface area contributed by atoms with Crippen molar-refractivity contribution >= 4 is 28.1 Å². The molecule has 3 aromatic heterocycles. The first-order valence-electron chi connectivity index (χ1n) is 7.08. The topological polar surface area (TPSA) is 86.2 Å². The Kier molecular flexibility index (Phi) is 3.45. The van der Waals surface area contributed by atoms with Crippen molar-refractivity contribution in [1.29, 1.82) is 0 Å². The van der Waals surface area contributed by atoms with Crippen LogP contribution in [-0.2, 0) is 12.2 Å². The number of rotatable bonds is 5. The average molecular weight is 335 g/mol. The van der Waals surface area contributed by atoms with Gasteiger partial charge in [0.05, 0.1) is 5.69 Å². The molecule has 0 atom stereocenters. The van der Waals surface area contributed by atoms with Crippen molar-refractivity contribution in [3.8, 4) is 0 Å². The molecule has 9 heteroatoms. The highest BCUT2D eigenvalue weighted by atomic mass is 32.2. The highest BCUT2D eigenvalue weighted by Crippen LogP contribution is 2.40. The molecule has 0 unspecified atom stereocenters. The largest absolute Gasteiger partial charge is 0.416 e. The summed E-state index contributed by atoms with van der Waals surface area (Å²) < 4.78 is 6.95. The van der Waals surface area contributed by atoms with Crippen LogP contribution in [0.3, 0.4) is 0 Å². The summed E-state index contributed by atoms with van der Waals surface area (Å²) in [5, 5.41) is 13.7. The molecule has 0 N–H and O–H groups in total. The van der Waals surface area contributed by atoms with E-state index < -0.39 is 0 Å². The maximum Gasteiger partial charge on any atom is 0.276 e. The standard InChI is InChI=1S/C13H13N5O2S2/c1-2-9-17-18-10(19)5-8(14-12(18)22-9)6-21-13-16-15-11(20-13)7-3-4-7/h5,7H,2-4,6H2,1H3. The normalized spacial score (nSPS) is 14.8. The summed E-state index contributed by atoms with van der Waals surface area (Å²) in [6.45, 7) is 2.01. The third-order valence-corrected chi connectivity index (χ3v) is 5.24. The zero-order valence-electron chi connectivity index (χ0n) is 11.9. The number of fused-ring (bicyclic) bond motifs is 1. The summed E-state index contributed by atoms with van der Waals surface area (Å²) in [5.41, 5.74) is 0.549. The van der Waals surface area contributed by atoms with Gasteiger partial charge >= 0.3 is 0 Å². The van der Waals surface area contributed by atoms with E-state index in [0.29, 0.717) is 27.5 Å². The Morgan fingerprint density at radius 3 is 3.09 bits per heavy atom. The zero-order valence-corrected chi connectivity index (χ0v) is 13.5. The maximum absolute atomic E-state index is 12.0. The van der Waals surface area contributed by atoms with Crippen LogP contribution in [0.25, 0.3) is 4.96 Å². The Morgan fingerprint density at radius 1 is 1.45 bits per heavy atom. The van der Waals surface area contributed by atoms with E-state index in [-0.39, 0.29) is 5.56 Å². The minimum Gasteiger partial charge on any atom is -0.416 e. The van der Waals surface area contributed by atoms with Crippen molar-refractivity contribution in [3.05, 3.63) is 33.0 Å². The number of aromatic nitrogens is 5. The summed E-state index contributed by atoms with van der Waals surface area (Å²) in [6, 6.07) is 1.51. The van der Waals surface area contributed by atoms with Crippen LogP contribution in [0.4, 0.5) is 0 Å². The van der Waals surface area contributed by atoms with Gasteiger partial charge in [0, 0.05) is 17.7 Å². The van der Waals surface area contributed by atoms with E-state index in [4.69, 9.17) is 4.42 Å². The molecule has 7 nitrogen and oxygen atoms in total. The molecule has 0 spiro atoms. The first kappa shape index (κ1) is 13.9. The van der Waals surface area contributed by atoms with Crippen LogP contribution in [-0.4, -0.2) is 24.8 Å². The summed E-state index contributed by atoms with van der Waals surface area (Å²) in [5.74, 6) is 1.70. The Morgan fingerprint density at radius 2 is 2.32 bits per heavy atom. The Labute approximate surface area is 133 Å². The summed E-state index contributed by atoms with van der Waals surface area (Å²) in [4.78, 5) is 17.2. The van der Waals surface area contributed by atoms with Gasteiger partial charge in [-0.25, -0.2) is 4.98 Å². The molecule has 4 rings (SSSR count). The molecule has 0 amide bonds. The van der Waals surface area contributed by atoms with Gasteiger partial charge in [0.2, 0.25) is 10.9 Å². The van der Waals surface area contributed by atoms with Gasteiger partial charge in [-0.3, -0.25) is 4.79 Å². The van der Waals surface area contributed by atoms with Crippen molar-refractivity contribution in [1.82, 2.24) is 24.8 Å². The summed E-state index contributed by atoms with van der Waals surface area (Å²) in [6.07, 6.45) is 3.06. The number of thioether (sulfide) groups is 1. The Hall–Kier alpha value is -1.74. The number of hydrogen-bond acceptors (Lipinski definition) is 8. The van der Waals surface area contributed by atoms with Crippen molar-refractivity contribution in [2.75, 3.05) is 0 Å². The number of hydrogen-bond donors (Lipinski definition) is 0. The molecule has 0 aliphatic heterocycles. The summed E-state index contributed by atoms with van der Waals surface area (Å²) in [7, 11) is 0. The second kappa shape index (κ2) is 5.47. The van der Waals surface area contributed by atoms with Crippen LogP contribution < -0.4 is 5.56 Å². The fourth-order valence-corrected chi connectivity index (χ4v) is 3.54. The molecule has 3 heterocycles. The molecule has 0 bridgehead atoms. The third-order valence-electron chi connectivity index (χ3n) is 3.33. The van der Waals surface area contributed by atoms with Gasteiger partial charge in [0.1, 0.15) is 5.01 Å². The SMILES string of the molecule is CCc1nn2c(=O)cc(CSc3nnc(C4CC4)o3)nc2s1. The lowest BCUT2D eigenvalue weighted by molar-refractivity contribution is 0.414. The van der Waals surface area contributed by atoms with Gasteiger partial charge in [-0.15, -0.1) is 10.2 Å². The lowest BCUT2D eigenvalue weighted by Crippen LogP contribution is -2.15. The minimum atomic E-state index is -0.152. The van der Waals surface area contributed by atoms with Crippen molar-refractivity contribution in [2.24, 2.45) is 0 Å². The van der Waals surface area contributed by atoms with Crippen LogP contribution in [0.2, 0.25) is 0 Å². The van der Waals surface area contributed by atoms with Crippen LogP contribution in [0.5, 0.6) is 0 Å². The first-order chi connectivity index (χ1) is 10.7. The van der Waals surface area contributed by atoms with Gasteiger partial charge in [-0.1, -0.05) is 30.0 Å². The van der Waals surface area contributed by atoms with E-state index in [1.807, 2.05) is 6.92 Å². The van der Waals surface area contributed by atoms with Gasteiger partial charge in [0.15, 0.2) is 0 Å². The van der Waals surface area contributed by atoms with E-state index in [1.54, 1.807) is 0 Å². The highest BCUT2D eigenvalue weighted by molar-refractivity contribution is 7.98. The van der Waals surface area contributed by atoms with Crippen molar-refractivity contribution in [3.63, 3.8) is 0 Å². The van der Waals surface area contributed by atoms with E-state index in [0.717, 1.165) is 30.2 Å². The molecule has 0 saturated heterocycles. The van der Waals surface area contributed by atoms with Crippen molar-refractivity contribution in [2.45, 2.75) is 43.1 Å². The molecule has 3 aromatic rings.